The van der Waals surface area contributed by atoms with E-state index in [-0.39, 0.29) is 0 Å². The first-order chi connectivity index (χ1) is 7.09. The number of aliphatic carboxylic acids is 1. The van der Waals surface area contributed by atoms with Crippen LogP contribution in [0.15, 0.2) is 0 Å². The average molecular weight is 210 g/mol. The lowest BCUT2D eigenvalue weighted by Gasteiger charge is -2.31. The molecule has 0 amide bonds. The number of carbonyl (C=O) groups is 2. The summed E-state index contributed by atoms with van der Waals surface area (Å²) >= 11 is 0. The zero-order valence-corrected chi connectivity index (χ0v) is 8.44. The molecular weight excluding hydrogens is 196 g/mol. The van der Waals surface area contributed by atoms with Gasteiger partial charge >= 0.3 is 11.9 Å². The molecule has 0 aromatic rings. The van der Waals surface area contributed by atoms with Gasteiger partial charge in [0.2, 0.25) is 0 Å². The van der Waals surface area contributed by atoms with Gasteiger partial charge in [0.15, 0.2) is 0 Å². The van der Waals surface area contributed by atoms with Crippen LogP contribution in [0, 0.1) is 17.8 Å². The molecule has 4 aliphatic carbocycles. The maximum atomic E-state index is 11.1. The third-order valence-corrected chi connectivity index (χ3v) is 4.39. The third kappa shape index (κ3) is 1.20. The fraction of sp³-hybridized carbons (Fsp3) is 0.818. The van der Waals surface area contributed by atoms with Crippen LogP contribution in [-0.2, 0) is 14.3 Å². The van der Waals surface area contributed by atoms with Crippen molar-refractivity contribution in [3.05, 3.63) is 0 Å². The van der Waals surface area contributed by atoms with Crippen molar-refractivity contribution in [3.8, 4) is 0 Å². The molecule has 0 saturated heterocycles. The topological polar surface area (TPSA) is 63.6 Å². The van der Waals surface area contributed by atoms with Crippen LogP contribution >= 0.6 is 0 Å². The number of carbonyl (C=O) groups excluding carboxylic acids is 1. The van der Waals surface area contributed by atoms with Crippen LogP contribution in [-0.4, -0.2) is 22.6 Å². The lowest BCUT2D eigenvalue weighted by molar-refractivity contribution is -0.177. The summed E-state index contributed by atoms with van der Waals surface area (Å²) in [6.07, 6.45) is 5.30. The molecule has 1 N–H and O–H groups in total. The molecule has 0 aliphatic heterocycles. The molecule has 4 nitrogen and oxygen atoms in total. The van der Waals surface area contributed by atoms with Crippen molar-refractivity contribution in [1.29, 1.82) is 0 Å². The van der Waals surface area contributed by atoms with Gasteiger partial charge in [-0.25, -0.2) is 9.59 Å². The monoisotopic (exact) mass is 210 g/mol. The van der Waals surface area contributed by atoms with Gasteiger partial charge in [0.25, 0.3) is 0 Å². The molecule has 0 spiro atoms. The Kier molecular flexibility index (Phi) is 1.68. The van der Waals surface area contributed by atoms with Gasteiger partial charge in [-0.3, -0.25) is 0 Å². The molecular formula is C11H14O4. The van der Waals surface area contributed by atoms with E-state index in [1.54, 1.807) is 0 Å². The van der Waals surface area contributed by atoms with Crippen molar-refractivity contribution in [2.45, 2.75) is 37.7 Å². The van der Waals surface area contributed by atoms with E-state index < -0.39 is 17.5 Å². The summed E-state index contributed by atoms with van der Waals surface area (Å²) in [5.74, 6) is -0.753. The lowest BCUT2D eigenvalue weighted by Crippen LogP contribution is -2.38. The molecule has 0 aromatic heterocycles. The van der Waals surface area contributed by atoms with E-state index in [2.05, 4.69) is 0 Å². The Bertz CT molecular complexity index is 321. The number of hydrogen-bond donors (Lipinski definition) is 1. The molecule has 4 heteroatoms. The second kappa shape index (κ2) is 2.74. The molecule has 82 valence electrons. The predicted molar refractivity (Wildman–Crippen MR) is 50.0 cm³/mol. The highest BCUT2D eigenvalue weighted by molar-refractivity contribution is 6.28. The first kappa shape index (κ1) is 9.19. The normalized spacial score (nSPS) is 45.7. The highest BCUT2D eigenvalue weighted by atomic mass is 16.6. The molecule has 15 heavy (non-hydrogen) atoms. The van der Waals surface area contributed by atoms with E-state index in [0.717, 1.165) is 25.7 Å². The number of rotatable bonds is 1. The summed E-state index contributed by atoms with van der Waals surface area (Å²) in [4.78, 5) is 21.6. The quantitative estimate of drug-likeness (QED) is 0.521. The van der Waals surface area contributed by atoms with Crippen LogP contribution in [0.3, 0.4) is 0 Å². The van der Waals surface area contributed by atoms with Gasteiger partial charge in [-0.1, -0.05) is 0 Å². The smallest absolute Gasteiger partial charge is 0.417 e. The summed E-state index contributed by atoms with van der Waals surface area (Å²) in [6, 6.07) is 0. The Labute approximate surface area is 87.6 Å². The van der Waals surface area contributed by atoms with Gasteiger partial charge in [-0.15, -0.1) is 0 Å². The summed E-state index contributed by atoms with van der Waals surface area (Å²) in [5.41, 5.74) is -0.400. The van der Waals surface area contributed by atoms with Crippen LogP contribution in [0.1, 0.15) is 32.1 Å². The molecule has 0 heterocycles. The number of hydrogen-bond acceptors (Lipinski definition) is 3. The lowest BCUT2D eigenvalue weighted by atomic mass is 9.81. The molecule has 4 fully saturated rings. The first-order valence-corrected chi connectivity index (χ1v) is 5.55. The summed E-state index contributed by atoms with van der Waals surface area (Å²) in [7, 11) is 0. The number of ether oxygens (including phenoxy) is 1. The molecule has 4 rings (SSSR count). The van der Waals surface area contributed by atoms with Gasteiger partial charge < -0.3 is 9.84 Å². The van der Waals surface area contributed by atoms with Crippen molar-refractivity contribution in [1.82, 2.24) is 0 Å². The van der Waals surface area contributed by atoms with Crippen molar-refractivity contribution < 1.29 is 19.4 Å². The number of carboxylic acid groups (broad SMARTS) is 1. The number of esters is 1. The zero-order valence-electron chi connectivity index (χ0n) is 8.44. The van der Waals surface area contributed by atoms with E-state index in [4.69, 9.17) is 9.84 Å². The minimum absolute atomic E-state index is 0.400. The zero-order chi connectivity index (χ0) is 10.6. The van der Waals surface area contributed by atoms with Crippen molar-refractivity contribution in [2.24, 2.45) is 17.8 Å². The molecule has 4 aliphatic rings. The van der Waals surface area contributed by atoms with E-state index in [1.165, 1.54) is 6.42 Å². The minimum atomic E-state index is -1.46. The van der Waals surface area contributed by atoms with E-state index in [1.807, 2.05) is 0 Å². The maximum Gasteiger partial charge on any atom is 0.417 e. The molecule has 4 bridgehead atoms. The third-order valence-electron chi connectivity index (χ3n) is 4.39. The van der Waals surface area contributed by atoms with Gasteiger partial charge in [-0.05, 0) is 49.9 Å². The largest absolute Gasteiger partial charge is 0.473 e. The van der Waals surface area contributed by atoms with Crippen LogP contribution in [0.4, 0.5) is 0 Å². The average Bonchev–Trinajstić information content (AvgIpc) is 2.50. The Hall–Kier alpha value is -1.06. The van der Waals surface area contributed by atoms with Crippen LogP contribution in [0.5, 0.6) is 0 Å². The van der Waals surface area contributed by atoms with Gasteiger partial charge in [0.05, 0.1) is 0 Å². The Morgan fingerprint density at radius 2 is 1.73 bits per heavy atom. The highest BCUT2D eigenvalue weighted by Gasteiger charge is 2.60. The van der Waals surface area contributed by atoms with Crippen LogP contribution in [0.2, 0.25) is 0 Å². The van der Waals surface area contributed by atoms with Crippen molar-refractivity contribution in [2.75, 3.05) is 0 Å². The molecule has 2 unspecified atom stereocenters. The maximum absolute atomic E-state index is 11.1. The Morgan fingerprint density at radius 3 is 2.27 bits per heavy atom. The molecule has 2 atom stereocenters. The predicted octanol–water partition coefficient (Wildman–Crippen LogP) is 1.19. The second-order valence-corrected chi connectivity index (χ2v) is 5.30. The second-order valence-electron chi connectivity index (χ2n) is 5.30. The Balaban J connectivity index is 1.81. The summed E-state index contributed by atoms with van der Waals surface area (Å²) in [6.45, 7) is 0. The fourth-order valence-electron chi connectivity index (χ4n) is 4.12. The number of carboxylic acids is 1. The van der Waals surface area contributed by atoms with E-state index >= 15 is 0 Å². The SMILES string of the molecule is O=C(O)C(=O)OC12CC3CC(CC1C3)C2. The van der Waals surface area contributed by atoms with Crippen LogP contribution < -0.4 is 0 Å². The van der Waals surface area contributed by atoms with Gasteiger partial charge in [0, 0.05) is 0 Å². The Morgan fingerprint density at radius 1 is 1.13 bits per heavy atom. The van der Waals surface area contributed by atoms with Crippen LogP contribution in [0.25, 0.3) is 0 Å². The van der Waals surface area contributed by atoms with E-state index in [9.17, 15) is 9.59 Å². The summed E-state index contributed by atoms with van der Waals surface area (Å²) in [5, 5.41) is 8.56. The first-order valence-electron chi connectivity index (χ1n) is 5.55. The minimum Gasteiger partial charge on any atom is -0.473 e. The van der Waals surface area contributed by atoms with Gasteiger partial charge in [0.1, 0.15) is 5.60 Å². The molecule has 0 aromatic carbocycles. The standard InChI is InChI=1S/C11H14O4/c12-9(13)10(14)15-11-4-6-1-7(5-11)3-8(11)2-6/h6-8H,1-5H2,(H,12,13). The highest BCUT2D eigenvalue weighted by Crippen LogP contribution is 2.61. The van der Waals surface area contributed by atoms with E-state index in [0.29, 0.717) is 17.8 Å². The molecule has 0 radical (unpaired) electrons. The molecule has 4 saturated carbocycles. The fourth-order valence-corrected chi connectivity index (χ4v) is 4.12. The van der Waals surface area contributed by atoms with Crippen molar-refractivity contribution >= 4 is 11.9 Å². The van der Waals surface area contributed by atoms with Gasteiger partial charge in [-0.2, -0.15) is 0 Å². The summed E-state index contributed by atoms with van der Waals surface area (Å²) < 4.78 is 5.25. The van der Waals surface area contributed by atoms with Crippen molar-refractivity contribution in [3.63, 3.8) is 0 Å².